The average molecular weight is 259 g/mol. The lowest BCUT2D eigenvalue weighted by atomic mass is 9.96. The zero-order chi connectivity index (χ0) is 14.6. The molecule has 0 aliphatic carbocycles. The number of carboxylic acid groups (broad SMARTS) is 1. The SMILES string of the molecule is CCCC(C)(NC(=O)NC(C)(C)C(N)=O)C(=O)O. The van der Waals surface area contributed by atoms with Crippen molar-refractivity contribution in [1.82, 2.24) is 10.6 Å². The number of carboxylic acids is 1. The Balaban J connectivity index is 4.73. The Morgan fingerprint density at radius 1 is 1.17 bits per heavy atom. The molecule has 0 rings (SSSR count). The predicted octanol–water partition coefficient (Wildman–Crippen LogP) is 0.193. The van der Waals surface area contributed by atoms with Crippen LogP contribution in [0.3, 0.4) is 0 Å². The quantitative estimate of drug-likeness (QED) is 0.544. The lowest BCUT2D eigenvalue weighted by Gasteiger charge is -2.29. The number of carbonyl (C=O) groups excluding carboxylic acids is 2. The summed E-state index contributed by atoms with van der Waals surface area (Å²) in [6.07, 6.45) is 0.884. The van der Waals surface area contributed by atoms with Crippen LogP contribution in [0.2, 0.25) is 0 Å². The number of nitrogens with one attached hydrogen (secondary N) is 2. The molecule has 0 aromatic heterocycles. The van der Waals surface area contributed by atoms with Gasteiger partial charge in [-0.05, 0) is 27.2 Å². The van der Waals surface area contributed by atoms with Crippen molar-refractivity contribution in [2.45, 2.75) is 51.6 Å². The van der Waals surface area contributed by atoms with E-state index in [0.717, 1.165) is 0 Å². The maximum Gasteiger partial charge on any atom is 0.329 e. The van der Waals surface area contributed by atoms with Crippen molar-refractivity contribution in [3.05, 3.63) is 0 Å². The first-order chi connectivity index (χ1) is 8.05. The van der Waals surface area contributed by atoms with Crippen LogP contribution in [0.5, 0.6) is 0 Å². The molecule has 104 valence electrons. The van der Waals surface area contributed by atoms with Crippen LogP contribution in [0.1, 0.15) is 40.5 Å². The second kappa shape index (κ2) is 5.70. The minimum absolute atomic E-state index is 0.284. The number of hydrogen-bond acceptors (Lipinski definition) is 3. The first-order valence-electron chi connectivity index (χ1n) is 5.69. The number of primary amides is 1. The molecule has 0 fully saturated rings. The number of nitrogens with two attached hydrogens (primary N) is 1. The standard InChI is InChI=1S/C11H21N3O4/c1-5-6-11(4,8(16)17)14-9(18)13-10(2,3)7(12)15/h5-6H2,1-4H3,(H2,12,15)(H,16,17)(H2,13,14,18). The van der Waals surface area contributed by atoms with Crippen LogP contribution in [0.15, 0.2) is 0 Å². The summed E-state index contributed by atoms with van der Waals surface area (Å²) in [6.45, 7) is 6.10. The number of amides is 3. The number of carbonyl (C=O) groups is 3. The zero-order valence-corrected chi connectivity index (χ0v) is 11.2. The number of urea groups is 1. The van der Waals surface area contributed by atoms with Gasteiger partial charge in [0.05, 0.1) is 0 Å². The van der Waals surface area contributed by atoms with Crippen LogP contribution in [0.25, 0.3) is 0 Å². The summed E-state index contributed by atoms with van der Waals surface area (Å²) in [5.41, 5.74) is 2.49. The second-order valence-corrected chi connectivity index (χ2v) is 4.96. The van der Waals surface area contributed by atoms with E-state index < -0.39 is 29.0 Å². The Labute approximate surface area is 106 Å². The molecule has 0 saturated heterocycles. The third-order valence-electron chi connectivity index (χ3n) is 2.65. The Morgan fingerprint density at radius 2 is 1.67 bits per heavy atom. The average Bonchev–Trinajstić information content (AvgIpc) is 2.15. The maximum atomic E-state index is 11.7. The lowest BCUT2D eigenvalue weighted by Crippen LogP contribution is -2.61. The summed E-state index contributed by atoms with van der Waals surface area (Å²) in [5.74, 6) is -1.83. The lowest BCUT2D eigenvalue weighted by molar-refractivity contribution is -0.144. The van der Waals surface area contributed by atoms with Crippen LogP contribution in [-0.4, -0.2) is 34.1 Å². The van der Waals surface area contributed by atoms with Gasteiger partial charge in [0.1, 0.15) is 11.1 Å². The van der Waals surface area contributed by atoms with E-state index in [0.29, 0.717) is 6.42 Å². The first-order valence-corrected chi connectivity index (χ1v) is 5.69. The molecule has 0 aliphatic heterocycles. The van der Waals surface area contributed by atoms with Crippen molar-refractivity contribution < 1.29 is 19.5 Å². The second-order valence-electron chi connectivity index (χ2n) is 4.96. The molecule has 5 N–H and O–H groups in total. The van der Waals surface area contributed by atoms with Crippen LogP contribution >= 0.6 is 0 Å². The number of hydrogen-bond donors (Lipinski definition) is 4. The molecule has 3 amide bonds. The van der Waals surface area contributed by atoms with Crippen molar-refractivity contribution in [2.75, 3.05) is 0 Å². The fourth-order valence-corrected chi connectivity index (χ4v) is 1.35. The van der Waals surface area contributed by atoms with E-state index in [4.69, 9.17) is 10.8 Å². The van der Waals surface area contributed by atoms with Gasteiger partial charge in [0.25, 0.3) is 0 Å². The molecule has 18 heavy (non-hydrogen) atoms. The van der Waals surface area contributed by atoms with E-state index in [1.165, 1.54) is 20.8 Å². The van der Waals surface area contributed by atoms with E-state index in [1.807, 2.05) is 6.92 Å². The van der Waals surface area contributed by atoms with Crippen LogP contribution in [0, 0.1) is 0 Å². The number of aliphatic carboxylic acids is 1. The molecular formula is C11H21N3O4. The van der Waals surface area contributed by atoms with Gasteiger partial charge >= 0.3 is 12.0 Å². The van der Waals surface area contributed by atoms with Gasteiger partial charge in [-0.15, -0.1) is 0 Å². The third-order valence-corrected chi connectivity index (χ3v) is 2.65. The molecule has 0 heterocycles. The molecule has 7 heteroatoms. The van der Waals surface area contributed by atoms with Crippen molar-refractivity contribution in [2.24, 2.45) is 5.73 Å². The highest BCUT2D eigenvalue weighted by molar-refractivity contribution is 5.91. The van der Waals surface area contributed by atoms with E-state index in [1.54, 1.807) is 0 Å². The smallest absolute Gasteiger partial charge is 0.329 e. The van der Waals surface area contributed by atoms with Crippen molar-refractivity contribution in [3.63, 3.8) is 0 Å². The minimum Gasteiger partial charge on any atom is -0.480 e. The zero-order valence-electron chi connectivity index (χ0n) is 11.2. The molecule has 0 aliphatic rings. The van der Waals surface area contributed by atoms with Crippen LogP contribution in [-0.2, 0) is 9.59 Å². The van der Waals surface area contributed by atoms with Gasteiger partial charge in [0.2, 0.25) is 5.91 Å². The van der Waals surface area contributed by atoms with Crippen LogP contribution < -0.4 is 16.4 Å². The highest BCUT2D eigenvalue weighted by atomic mass is 16.4. The highest BCUT2D eigenvalue weighted by Crippen LogP contribution is 2.12. The fraction of sp³-hybridized carbons (Fsp3) is 0.727. The largest absolute Gasteiger partial charge is 0.480 e. The first kappa shape index (κ1) is 16.2. The molecule has 0 aromatic carbocycles. The van der Waals surface area contributed by atoms with Gasteiger partial charge in [0, 0.05) is 0 Å². The minimum atomic E-state index is -1.37. The third kappa shape index (κ3) is 4.23. The molecule has 1 unspecified atom stereocenters. The molecule has 0 radical (unpaired) electrons. The van der Waals surface area contributed by atoms with Crippen molar-refractivity contribution in [3.8, 4) is 0 Å². The highest BCUT2D eigenvalue weighted by Gasteiger charge is 2.36. The summed E-state index contributed by atoms with van der Waals surface area (Å²) >= 11 is 0. The molecular weight excluding hydrogens is 238 g/mol. The predicted molar refractivity (Wildman–Crippen MR) is 65.9 cm³/mol. The van der Waals surface area contributed by atoms with E-state index in [-0.39, 0.29) is 6.42 Å². The number of rotatable bonds is 6. The van der Waals surface area contributed by atoms with Crippen molar-refractivity contribution >= 4 is 17.9 Å². The van der Waals surface area contributed by atoms with Gasteiger partial charge in [-0.25, -0.2) is 9.59 Å². The molecule has 7 nitrogen and oxygen atoms in total. The summed E-state index contributed by atoms with van der Waals surface area (Å²) in [5, 5.41) is 13.8. The fourth-order valence-electron chi connectivity index (χ4n) is 1.35. The molecule has 0 aromatic rings. The molecule has 0 saturated carbocycles. The monoisotopic (exact) mass is 259 g/mol. The Kier molecular flexibility index (Phi) is 5.13. The summed E-state index contributed by atoms with van der Waals surface area (Å²) in [4.78, 5) is 33.8. The summed E-state index contributed by atoms with van der Waals surface area (Å²) < 4.78 is 0. The van der Waals surface area contributed by atoms with Gasteiger partial charge in [0.15, 0.2) is 0 Å². The molecule has 0 spiro atoms. The molecule has 0 bridgehead atoms. The van der Waals surface area contributed by atoms with E-state index in [2.05, 4.69) is 10.6 Å². The van der Waals surface area contributed by atoms with Gasteiger partial charge in [-0.3, -0.25) is 4.79 Å². The van der Waals surface area contributed by atoms with Crippen molar-refractivity contribution in [1.29, 1.82) is 0 Å². The van der Waals surface area contributed by atoms with Gasteiger partial charge < -0.3 is 21.5 Å². The Morgan fingerprint density at radius 3 is 2.00 bits per heavy atom. The normalized spacial score (nSPS) is 14.4. The van der Waals surface area contributed by atoms with Gasteiger partial charge in [-0.1, -0.05) is 13.3 Å². The van der Waals surface area contributed by atoms with E-state index in [9.17, 15) is 14.4 Å². The maximum absolute atomic E-state index is 11.7. The van der Waals surface area contributed by atoms with Gasteiger partial charge in [-0.2, -0.15) is 0 Å². The van der Waals surface area contributed by atoms with Crippen LogP contribution in [0.4, 0.5) is 4.79 Å². The topological polar surface area (TPSA) is 122 Å². The molecule has 1 atom stereocenters. The summed E-state index contributed by atoms with van der Waals surface area (Å²) in [7, 11) is 0. The Hall–Kier alpha value is -1.79. The summed E-state index contributed by atoms with van der Waals surface area (Å²) in [6, 6.07) is -0.739. The Bertz CT molecular complexity index is 354. The van der Waals surface area contributed by atoms with E-state index >= 15 is 0 Å².